The lowest BCUT2D eigenvalue weighted by molar-refractivity contribution is 0.0754. The first-order chi connectivity index (χ1) is 10.5. The van der Waals surface area contributed by atoms with Crippen LogP contribution in [0.25, 0.3) is 0 Å². The van der Waals surface area contributed by atoms with E-state index in [1.807, 2.05) is 12.4 Å². The minimum atomic E-state index is -0.488. The van der Waals surface area contributed by atoms with Gasteiger partial charge in [0.15, 0.2) is 0 Å². The average Bonchev–Trinajstić information content (AvgIpc) is 2.93. The fourth-order valence-electron chi connectivity index (χ4n) is 2.94. The lowest BCUT2D eigenvalue weighted by atomic mass is 9.99. The zero-order chi connectivity index (χ0) is 15.7. The molecule has 22 heavy (non-hydrogen) atoms. The third kappa shape index (κ3) is 2.93. The van der Waals surface area contributed by atoms with Crippen molar-refractivity contribution in [2.24, 2.45) is 5.92 Å². The summed E-state index contributed by atoms with van der Waals surface area (Å²) in [5, 5.41) is 0. The van der Waals surface area contributed by atoms with Crippen LogP contribution in [0.3, 0.4) is 0 Å². The largest absolute Gasteiger partial charge is 0.345 e. The lowest BCUT2D eigenvalue weighted by Crippen LogP contribution is -2.36. The second-order valence-electron chi connectivity index (χ2n) is 5.84. The molecule has 0 aliphatic carbocycles. The molecular formula is C15H19N5O2. The van der Waals surface area contributed by atoms with E-state index in [2.05, 4.69) is 19.5 Å². The zero-order valence-electron chi connectivity index (χ0n) is 12.7. The van der Waals surface area contributed by atoms with Crippen molar-refractivity contribution >= 4 is 5.91 Å². The van der Waals surface area contributed by atoms with Gasteiger partial charge in [-0.25, -0.2) is 9.78 Å². The monoisotopic (exact) mass is 301 g/mol. The van der Waals surface area contributed by atoms with Crippen LogP contribution in [-0.2, 0) is 13.0 Å². The van der Waals surface area contributed by atoms with Crippen molar-refractivity contribution in [3.05, 3.63) is 46.2 Å². The maximum Gasteiger partial charge on any atom is 0.345 e. The number of nitrogens with one attached hydrogen (secondary N) is 1. The van der Waals surface area contributed by atoms with Gasteiger partial charge in [0.2, 0.25) is 0 Å². The summed E-state index contributed by atoms with van der Waals surface area (Å²) in [4.78, 5) is 36.1. The van der Waals surface area contributed by atoms with Crippen molar-refractivity contribution in [3.8, 4) is 0 Å². The summed E-state index contributed by atoms with van der Waals surface area (Å²) in [6, 6.07) is 1.61. The van der Waals surface area contributed by atoms with Gasteiger partial charge in [-0.3, -0.25) is 4.79 Å². The highest BCUT2D eigenvalue weighted by Crippen LogP contribution is 2.19. The molecule has 3 rings (SSSR count). The van der Waals surface area contributed by atoms with E-state index in [0.29, 0.717) is 18.2 Å². The molecule has 1 atom stereocenters. The number of rotatable bonds is 3. The molecule has 116 valence electrons. The highest BCUT2D eigenvalue weighted by atomic mass is 16.2. The quantitative estimate of drug-likeness (QED) is 0.900. The van der Waals surface area contributed by atoms with Gasteiger partial charge in [-0.2, -0.15) is 4.98 Å². The van der Waals surface area contributed by atoms with Crippen LogP contribution in [0.1, 0.15) is 28.4 Å². The standard InChI is InChI=1S/C15H19N5O2/c1-10-7-12(18-15(22)17-10)14(21)19(2)8-11-3-4-13-16-5-6-20(13)9-11/h5-7,11H,3-4,8-9H2,1-2H3,(H,17,18,22)/t11-/m1/s1. The lowest BCUT2D eigenvalue weighted by Gasteiger charge is -2.28. The number of imidazole rings is 1. The van der Waals surface area contributed by atoms with Gasteiger partial charge in [-0.15, -0.1) is 0 Å². The molecule has 0 bridgehead atoms. The second kappa shape index (κ2) is 5.75. The molecule has 0 saturated heterocycles. The molecule has 1 aliphatic heterocycles. The molecule has 1 aliphatic rings. The fraction of sp³-hybridized carbons (Fsp3) is 0.467. The van der Waals surface area contributed by atoms with Gasteiger partial charge in [-0.05, 0) is 25.3 Å². The summed E-state index contributed by atoms with van der Waals surface area (Å²) in [6.07, 6.45) is 5.74. The number of nitrogens with zero attached hydrogens (tertiary/aromatic N) is 4. The number of amides is 1. The molecule has 0 radical (unpaired) electrons. The molecule has 2 aromatic rings. The van der Waals surface area contributed by atoms with Crippen LogP contribution in [0.2, 0.25) is 0 Å². The Hall–Kier alpha value is -2.44. The maximum absolute atomic E-state index is 12.4. The number of hydrogen-bond donors (Lipinski definition) is 1. The molecule has 0 fully saturated rings. The number of aromatic amines is 1. The topological polar surface area (TPSA) is 83.9 Å². The third-order valence-corrected chi connectivity index (χ3v) is 4.01. The molecular weight excluding hydrogens is 282 g/mol. The number of aromatic nitrogens is 4. The van der Waals surface area contributed by atoms with Crippen molar-refractivity contribution in [3.63, 3.8) is 0 Å². The smallest absolute Gasteiger partial charge is 0.340 e. The molecule has 7 nitrogen and oxygen atoms in total. The molecule has 1 amide bonds. The Balaban J connectivity index is 1.68. The van der Waals surface area contributed by atoms with E-state index < -0.39 is 5.69 Å². The Morgan fingerprint density at radius 3 is 3.14 bits per heavy atom. The molecule has 1 N–H and O–H groups in total. The van der Waals surface area contributed by atoms with Crippen LogP contribution in [0.4, 0.5) is 0 Å². The number of hydrogen-bond acceptors (Lipinski definition) is 4. The van der Waals surface area contributed by atoms with Crippen LogP contribution in [0.15, 0.2) is 23.3 Å². The van der Waals surface area contributed by atoms with E-state index in [4.69, 9.17) is 0 Å². The summed E-state index contributed by atoms with van der Waals surface area (Å²) in [7, 11) is 1.75. The summed E-state index contributed by atoms with van der Waals surface area (Å²) in [5.74, 6) is 1.28. The first kappa shape index (κ1) is 14.5. The minimum absolute atomic E-state index is 0.197. The summed E-state index contributed by atoms with van der Waals surface area (Å²) < 4.78 is 2.14. The summed E-state index contributed by atoms with van der Waals surface area (Å²) >= 11 is 0. The van der Waals surface area contributed by atoms with Crippen molar-refractivity contribution in [2.75, 3.05) is 13.6 Å². The number of aryl methyl sites for hydroxylation is 2. The Morgan fingerprint density at radius 1 is 1.55 bits per heavy atom. The third-order valence-electron chi connectivity index (χ3n) is 4.01. The Labute approximate surface area is 128 Å². The Kier molecular flexibility index (Phi) is 3.79. The zero-order valence-corrected chi connectivity index (χ0v) is 12.7. The Bertz CT molecular complexity index is 748. The number of H-pyrrole nitrogens is 1. The van der Waals surface area contributed by atoms with E-state index >= 15 is 0 Å². The van der Waals surface area contributed by atoms with E-state index in [1.165, 1.54) is 0 Å². The second-order valence-corrected chi connectivity index (χ2v) is 5.84. The maximum atomic E-state index is 12.4. The van der Waals surface area contributed by atoms with E-state index in [1.54, 1.807) is 24.9 Å². The van der Waals surface area contributed by atoms with Crippen molar-refractivity contribution in [1.29, 1.82) is 0 Å². The van der Waals surface area contributed by atoms with Gasteiger partial charge in [0.25, 0.3) is 5.91 Å². The van der Waals surface area contributed by atoms with Crippen LogP contribution in [-0.4, -0.2) is 43.9 Å². The number of fused-ring (bicyclic) bond motifs is 1. The van der Waals surface area contributed by atoms with Gasteiger partial charge < -0.3 is 14.5 Å². The fourth-order valence-corrected chi connectivity index (χ4v) is 2.94. The SMILES string of the molecule is Cc1cc(C(=O)N(C)C[C@H]2CCc3nccn3C2)nc(=O)[nH]1. The van der Waals surface area contributed by atoms with Crippen LogP contribution < -0.4 is 5.69 Å². The highest BCUT2D eigenvalue weighted by Gasteiger charge is 2.23. The average molecular weight is 301 g/mol. The van der Waals surface area contributed by atoms with Gasteiger partial charge in [0.1, 0.15) is 11.5 Å². The minimum Gasteiger partial charge on any atom is -0.340 e. The van der Waals surface area contributed by atoms with Crippen LogP contribution in [0.5, 0.6) is 0 Å². The number of carbonyl (C=O) groups is 1. The molecule has 0 unspecified atom stereocenters. The van der Waals surface area contributed by atoms with E-state index in [0.717, 1.165) is 25.2 Å². The normalized spacial score (nSPS) is 17.1. The predicted octanol–water partition coefficient (Wildman–Crippen LogP) is 0.609. The summed E-state index contributed by atoms with van der Waals surface area (Å²) in [6.45, 7) is 3.25. The van der Waals surface area contributed by atoms with E-state index in [-0.39, 0.29) is 11.6 Å². The van der Waals surface area contributed by atoms with Crippen LogP contribution in [0, 0.1) is 12.8 Å². The van der Waals surface area contributed by atoms with E-state index in [9.17, 15) is 9.59 Å². The Morgan fingerprint density at radius 2 is 2.36 bits per heavy atom. The van der Waals surface area contributed by atoms with Gasteiger partial charge in [-0.1, -0.05) is 0 Å². The molecule has 0 spiro atoms. The first-order valence-corrected chi connectivity index (χ1v) is 7.36. The molecule has 7 heteroatoms. The van der Waals surface area contributed by atoms with Gasteiger partial charge >= 0.3 is 5.69 Å². The summed E-state index contributed by atoms with van der Waals surface area (Å²) in [5.41, 5.74) is 0.345. The van der Waals surface area contributed by atoms with Crippen LogP contribution >= 0.6 is 0 Å². The van der Waals surface area contributed by atoms with Crippen molar-refractivity contribution < 1.29 is 4.79 Å². The molecule has 2 aromatic heterocycles. The highest BCUT2D eigenvalue weighted by molar-refractivity contribution is 5.92. The van der Waals surface area contributed by atoms with Gasteiger partial charge in [0.05, 0.1) is 0 Å². The molecule has 0 saturated carbocycles. The molecule has 3 heterocycles. The predicted molar refractivity (Wildman–Crippen MR) is 80.6 cm³/mol. The first-order valence-electron chi connectivity index (χ1n) is 7.36. The molecule has 0 aromatic carbocycles. The number of carbonyl (C=O) groups excluding carboxylic acids is 1. The van der Waals surface area contributed by atoms with Crippen molar-refractivity contribution in [1.82, 2.24) is 24.4 Å². The van der Waals surface area contributed by atoms with Crippen molar-refractivity contribution in [2.45, 2.75) is 26.3 Å². The van der Waals surface area contributed by atoms with Gasteiger partial charge in [0, 0.05) is 44.6 Å².